The van der Waals surface area contributed by atoms with Crippen molar-refractivity contribution in [3.05, 3.63) is 35.4 Å². The molecule has 1 aliphatic carbocycles. The van der Waals surface area contributed by atoms with Gasteiger partial charge in [-0.05, 0) is 25.3 Å². The van der Waals surface area contributed by atoms with E-state index >= 15 is 0 Å². The largest absolute Gasteiger partial charge is 0.438 e. The SMILES string of the molecule is Cc1ccc(C2=NN(C(=O)C3CC3)C(O)(C(F)(F)F)C2)cc1. The zero-order valence-electron chi connectivity index (χ0n) is 11.9. The van der Waals surface area contributed by atoms with E-state index in [2.05, 4.69) is 5.10 Å². The van der Waals surface area contributed by atoms with Crippen LogP contribution >= 0.6 is 0 Å². The van der Waals surface area contributed by atoms with Crippen LogP contribution in [0.5, 0.6) is 0 Å². The molecule has 1 aromatic rings. The predicted molar refractivity (Wildman–Crippen MR) is 72.9 cm³/mol. The van der Waals surface area contributed by atoms with Gasteiger partial charge in [0.15, 0.2) is 0 Å². The number of alkyl halides is 3. The second-order valence-corrected chi connectivity index (χ2v) is 5.83. The average Bonchev–Trinajstić information content (AvgIpc) is 3.21. The van der Waals surface area contributed by atoms with Crippen LogP contribution in [0.3, 0.4) is 0 Å². The summed E-state index contributed by atoms with van der Waals surface area (Å²) in [6.45, 7) is 1.86. The fourth-order valence-electron chi connectivity index (χ4n) is 2.41. The monoisotopic (exact) mass is 312 g/mol. The summed E-state index contributed by atoms with van der Waals surface area (Å²) in [5.74, 6) is -1.23. The zero-order valence-corrected chi connectivity index (χ0v) is 11.9. The van der Waals surface area contributed by atoms with E-state index < -0.39 is 30.1 Å². The lowest BCUT2D eigenvalue weighted by molar-refractivity contribution is -0.302. The molecule has 22 heavy (non-hydrogen) atoms. The molecule has 1 fully saturated rings. The Hall–Kier alpha value is -1.89. The van der Waals surface area contributed by atoms with Crippen LogP contribution in [-0.4, -0.2) is 33.6 Å². The Labute approximate surface area is 125 Å². The maximum atomic E-state index is 13.3. The normalized spacial score (nSPS) is 25.3. The highest BCUT2D eigenvalue weighted by Crippen LogP contribution is 2.44. The number of carbonyl (C=O) groups excluding carboxylic acids is 1. The first-order valence-electron chi connectivity index (χ1n) is 7.00. The van der Waals surface area contributed by atoms with E-state index in [4.69, 9.17) is 0 Å². The van der Waals surface area contributed by atoms with Crippen molar-refractivity contribution in [1.82, 2.24) is 5.01 Å². The summed E-state index contributed by atoms with van der Waals surface area (Å²) < 4.78 is 39.8. The van der Waals surface area contributed by atoms with E-state index in [1.165, 1.54) is 0 Å². The van der Waals surface area contributed by atoms with E-state index in [0.29, 0.717) is 18.4 Å². The quantitative estimate of drug-likeness (QED) is 0.912. The molecule has 1 N–H and O–H groups in total. The van der Waals surface area contributed by atoms with Crippen LogP contribution in [0.15, 0.2) is 29.4 Å². The first-order valence-corrected chi connectivity index (χ1v) is 7.00. The molecule has 1 saturated carbocycles. The Morgan fingerprint density at radius 1 is 1.32 bits per heavy atom. The third-order valence-corrected chi connectivity index (χ3v) is 3.96. The van der Waals surface area contributed by atoms with Crippen LogP contribution in [0.1, 0.15) is 30.4 Å². The molecule has 0 radical (unpaired) electrons. The predicted octanol–water partition coefficient (Wildman–Crippen LogP) is 2.59. The lowest BCUT2D eigenvalue weighted by Crippen LogP contribution is -2.57. The Morgan fingerprint density at radius 2 is 1.91 bits per heavy atom. The van der Waals surface area contributed by atoms with E-state index in [1.54, 1.807) is 24.3 Å². The highest BCUT2D eigenvalue weighted by atomic mass is 19.4. The fraction of sp³-hybridized carbons (Fsp3) is 0.467. The topological polar surface area (TPSA) is 52.9 Å². The molecule has 0 bridgehead atoms. The Balaban J connectivity index is 1.98. The molecule has 1 unspecified atom stereocenters. The van der Waals surface area contributed by atoms with Crippen molar-refractivity contribution in [2.75, 3.05) is 0 Å². The summed E-state index contributed by atoms with van der Waals surface area (Å²) >= 11 is 0. The van der Waals surface area contributed by atoms with Gasteiger partial charge < -0.3 is 5.11 Å². The van der Waals surface area contributed by atoms with Gasteiger partial charge in [0, 0.05) is 5.92 Å². The number of amides is 1. The van der Waals surface area contributed by atoms with Gasteiger partial charge in [0.1, 0.15) is 0 Å². The van der Waals surface area contributed by atoms with Crippen molar-refractivity contribution >= 4 is 11.6 Å². The summed E-state index contributed by atoms with van der Waals surface area (Å²) in [5, 5.41) is 14.1. The summed E-state index contributed by atoms with van der Waals surface area (Å²) in [7, 11) is 0. The number of hydrogen-bond donors (Lipinski definition) is 1. The molecule has 1 amide bonds. The molecular weight excluding hydrogens is 297 g/mol. The molecule has 1 aliphatic heterocycles. The number of carbonyl (C=O) groups is 1. The van der Waals surface area contributed by atoms with Gasteiger partial charge in [-0.1, -0.05) is 29.8 Å². The molecule has 118 valence electrons. The maximum absolute atomic E-state index is 13.3. The van der Waals surface area contributed by atoms with Gasteiger partial charge in [-0.2, -0.15) is 23.3 Å². The second-order valence-electron chi connectivity index (χ2n) is 5.83. The first kappa shape index (κ1) is 15.0. The van der Waals surface area contributed by atoms with Crippen LogP contribution in [0.4, 0.5) is 13.2 Å². The summed E-state index contributed by atoms with van der Waals surface area (Å²) in [6, 6.07) is 6.76. The van der Waals surface area contributed by atoms with Crippen LogP contribution in [-0.2, 0) is 4.79 Å². The molecule has 1 heterocycles. The van der Waals surface area contributed by atoms with E-state index in [-0.39, 0.29) is 10.7 Å². The molecule has 2 aliphatic rings. The molecule has 0 spiro atoms. The minimum Gasteiger partial charge on any atom is -0.362 e. The molecule has 1 aromatic carbocycles. The Kier molecular flexibility index (Phi) is 3.28. The highest BCUT2D eigenvalue weighted by molar-refractivity contribution is 6.03. The van der Waals surface area contributed by atoms with Crippen LogP contribution in [0.2, 0.25) is 0 Å². The van der Waals surface area contributed by atoms with Gasteiger partial charge in [-0.3, -0.25) is 4.79 Å². The van der Waals surface area contributed by atoms with Crippen LogP contribution in [0, 0.1) is 12.8 Å². The minimum atomic E-state index is -4.96. The first-order chi connectivity index (χ1) is 10.2. The van der Waals surface area contributed by atoms with Crippen molar-refractivity contribution < 1.29 is 23.1 Å². The third kappa shape index (κ3) is 2.39. The Morgan fingerprint density at radius 3 is 2.41 bits per heavy atom. The number of halogens is 3. The number of benzene rings is 1. The van der Waals surface area contributed by atoms with Crippen LogP contribution < -0.4 is 0 Å². The summed E-state index contributed by atoms with van der Waals surface area (Å²) in [4.78, 5) is 12.1. The van der Waals surface area contributed by atoms with Crippen molar-refractivity contribution in [1.29, 1.82) is 0 Å². The van der Waals surface area contributed by atoms with Crippen molar-refractivity contribution in [3.8, 4) is 0 Å². The molecule has 4 nitrogen and oxygen atoms in total. The van der Waals surface area contributed by atoms with Gasteiger partial charge >= 0.3 is 6.18 Å². The summed E-state index contributed by atoms with van der Waals surface area (Å²) in [5.41, 5.74) is -1.76. The smallest absolute Gasteiger partial charge is 0.362 e. The molecule has 0 saturated heterocycles. The number of aliphatic hydroxyl groups is 1. The number of hydrazone groups is 1. The third-order valence-electron chi connectivity index (χ3n) is 3.96. The number of rotatable bonds is 2. The second kappa shape index (κ2) is 4.81. The van der Waals surface area contributed by atoms with E-state index in [1.807, 2.05) is 6.92 Å². The van der Waals surface area contributed by atoms with Gasteiger partial charge in [0.05, 0.1) is 12.1 Å². The Bertz CT molecular complexity index is 635. The summed E-state index contributed by atoms with van der Waals surface area (Å²) in [6.07, 6.45) is -4.64. The van der Waals surface area contributed by atoms with Crippen LogP contribution in [0.25, 0.3) is 0 Å². The average molecular weight is 312 g/mol. The zero-order chi connectivity index (χ0) is 16.1. The number of nitrogens with zero attached hydrogens (tertiary/aromatic N) is 2. The molecular formula is C15H15F3N2O2. The highest BCUT2D eigenvalue weighted by Gasteiger charge is 2.64. The standard InChI is InChI=1S/C15H15F3N2O2/c1-9-2-4-10(5-3-9)12-8-14(22,15(16,17)18)20(19-12)13(21)11-6-7-11/h2-5,11,22H,6-8H2,1H3. The van der Waals surface area contributed by atoms with Gasteiger partial charge in [-0.15, -0.1) is 0 Å². The fourth-order valence-corrected chi connectivity index (χ4v) is 2.41. The van der Waals surface area contributed by atoms with Crippen molar-refractivity contribution in [2.24, 2.45) is 11.0 Å². The van der Waals surface area contributed by atoms with Crippen molar-refractivity contribution in [3.63, 3.8) is 0 Å². The minimum absolute atomic E-state index is 0.0637. The maximum Gasteiger partial charge on any atom is 0.438 e. The molecule has 0 aromatic heterocycles. The van der Waals surface area contributed by atoms with E-state index in [9.17, 15) is 23.1 Å². The van der Waals surface area contributed by atoms with Crippen molar-refractivity contribution in [2.45, 2.75) is 38.1 Å². The molecule has 7 heteroatoms. The lowest BCUT2D eigenvalue weighted by atomic mass is 10.00. The number of aryl methyl sites for hydroxylation is 1. The van der Waals surface area contributed by atoms with Gasteiger partial charge in [0.2, 0.25) is 5.91 Å². The molecule has 1 atom stereocenters. The molecule has 3 rings (SSSR count). The van der Waals surface area contributed by atoms with Gasteiger partial charge in [-0.25, -0.2) is 0 Å². The lowest BCUT2D eigenvalue weighted by Gasteiger charge is -2.32. The van der Waals surface area contributed by atoms with Gasteiger partial charge in [0.25, 0.3) is 5.72 Å². The van der Waals surface area contributed by atoms with E-state index in [0.717, 1.165) is 5.56 Å². The number of hydrogen-bond acceptors (Lipinski definition) is 3.